The lowest BCUT2D eigenvalue weighted by atomic mass is 9.35. The van der Waals surface area contributed by atoms with E-state index in [1.54, 1.807) is 36.4 Å². The molecule has 3 aromatic rings. The SMILES string of the molecule is C\C=C/C=C(C)/C=C(\B(c1ccc(F)cc1)c1ccc(F)cc1)c1ccc(F)cc1. The lowest BCUT2D eigenvalue weighted by Gasteiger charge is -2.20. The highest BCUT2D eigenvalue weighted by molar-refractivity contribution is 6.99. The molecule has 0 aromatic heterocycles. The van der Waals surface area contributed by atoms with Crippen molar-refractivity contribution in [3.63, 3.8) is 0 Å². The topological polar surface area (TPSA) is 0 Å². The van der Waals surface area contributed by atoms with E-state index in [1.165, 1.54) is 36.4 Å². The van der Waals surface area contributed by atoms with Crippen molar-refractivity contribution in [1.29, 1.82) is 0 Å². The largest absolute Gasteiger partial charge is 0.241 e. The van der Waals surface area contributed by atoms with Crippen LogP contribution in [-0.2, 0) is 0 Å². The van der Waals surface area contributed by atoms with E-state index in [1.807, 2.05) is 38.2 Å². The molecule has 3 aromatic carbocycles. The van der Waals surface area contributed by atoms with E-state index in [0.717, 1.165) is 27.5 Å². The molecule has 0 nitrogen and oxygen atoms in total. The van der Waals surface area contributed by atoms with Crippen molar-refractivity contribution in [1.82, 2.24) is 0 Å². The molecule has 3 rings (SSSR count). The molecule has 0 amide bonds. The van der Waals surface area contributed by atoms with Crippen LogP contribution in [0.2, 0.25) is 0 Å². The van der Waals surface area contributed by atoms with E-state index in [-0.39, 0.29) is 24.2 Å². The van der Waals surface area contributed by atoms with Gasteiger partial charge in [-0.15, -0.1) is 0 Å². The van der Waals surface area contributed by atoms with Crippen LogP contribution in [0.25, 0.3) is 5.47 Å². The van der Waals surface area contributed by atoms with E-state index in [4.69, 9.17) is 0 Å². The van der Waals surface area contributed by atoms with Crippen molar-refractivity contribution in [3.8, 4) is 0 Å². The van der Waals surface area contributed by atoms with Crippen molar-refractivity contribution in [2.24, 2.45) is 0 Å². The third kappa shape index (κ3) is 5.41. The van der Waals surface area contributed by atoms with Gasteiger partial charge in [0.05, 0.1) is 0 Å². The molecule has 0 aliphatic rings. The van der Waals surface area contributed by atoms with Crippen LogP contribution in [0.4, 0.5) is 13.2 Å². The normalized spacial score (nSPS) is 12.4. The molecule has 0 aliphatic carbocycles. The Morgan fingerprint density at radius 1 is 0.700 bits per heavy atom. The minimum atomic E-state index is -0.326. The van der Waals surface area contributed by atoms with Gasteiger partial charge in [-0.1, -0.05) is 82.7 Å². The molecule has 0 N–H and O–H groups in total. The Balaban J connectivity index is 2.24. The molecule has 0 fully saturated rings. The van der Waals surface area contributed by atoms with Gasteiger partial charge in [0, 0.05) is 0 Å². The molecule has 4 heteroatoms. The van der Waals surface area contributed by atoms with Crippen LogP contribution in [0.1, 0.15) is 19.4 Å². The van der Waals surface area contributed by atoms with E-state index in [0.29, 0.717) is 0 Å². The number of halogens is 3. The summed E-state index contributed by atoms with van der Waals surface area (Å²) in [5.74, 6) is -0.972. The van der Waals surface area contributed by atoms with Gasteiger partial charge < -0.3 is 0 Å². The highest BCUT2D eigenvalue weighted by Crippen LogP contribution is 2.21. The first-order valence-corrected chi connectivity index (χ1v) is 9.76. The molecule has 0 saturated carbocycles. The van der Waals surface area contributed by atoms with Crippen molar-refractivity contribution in [2.75, 3.05) is 0 Å². The Labute approximate surface area is 176 Å². The smallest absolute Gasteiger partial charge is 0.207 e. The summed E-state index contributed by atoms with van der Waals surface area (Å²) < 4.78 is 40.8. The maximum atomic E-state index is 13.6. The predicted octanol–water partition coefficient (Wildman–Crippen LogP) is 5.86. The van der Waals surface area contributed by atoms with Gasteiger partial charge in [0.1, 0.15) is 17.5 Å². The first kappa shape index (κ1) is 21.4. The van der Waals surface area contributed by atoms with Crippen LogP contribution in [0, 0.1) is 17.5 Å². The molecule has 0 bridgehead atoms. The standard InChI is InChI=1S/C26H22BF3/c1-3-4-5-19(2)18-26(20-6-12-23(28)13-7-20)27(21-8-14-24(29)15-9-21)22-10-16-25(30)17-11-22/h3-18H,1-2H3/b4-3-,19-5+,26-18-. The Kier molecular flexibility index (Phi) is 7.13. The van der Waals surface area contributed by atoms with Gasteiger partial charge in [0.15, 0.2) is 0 Å². The lowest BCUT2D eigenvalue weighted by molar-refractivity contribution is 0.627. The zero-order chi connectivity index (χ0) is 21.5. The van der Waals surface area contributed by atoms with Crippen LogP contribution in [-0.4, -0.2) is 6.71 Å². The first-order chi connectivity index (χ1) is 14.5. The van der Waals surface area contributed by atoms with Gasteiger partial charge in [-0.3, -0.25) is 0 Å². The van der Waals surface area contributed by atoms with Crippen molar-refractivity contribution >= 4 is 23.1 Å². The minimum Gasteiger partial charge on any atom is -0.207 e. The van der Waals surface area contributed by atoms with Gasteiger partial charge in [-0.25, -0.2) is 13.2 Å². The van der Waals surface area contributed by atoms with Crippen LogP contribution >= 0.6 is 0 Å². The maximum Gasteiger partial charge on any atom is 0.241 e. The summed E-state index contributed by atoms with van der Waals surface area (Å²) in [6.45, 7) is 3.63. The number of hydrogen-bond acceptors (Lipinski definition) is 0. The molecule has 0 radical (unpaired) electrons. The van der Waals surface area contributed by atoms with Gasteiger partial charge >= 0.3 is 0 Å². The lowest BCUT2D eigenvalue weighted by Crippen LogP contribution is -2.43. The van der Waals surface area contributed by atoms with Gasteiger partial charge in [-0.2, -0.15) is 0 Å². The van der Waals surface area contributed by atoms with Crippen molar-refractivity contribution in [2.45, 2.75) is 13.8 Å². The Morgan fingerprint density at radius 2 is 1.13 bits per heavy atom. The fraction of sp³-hybridized carbons (Fsp3) is 0.0769. The summed E-state index contributed by atoms with van der Waals surface area (Å²) in [6, 6.07) is 18.9. The third-order valence-corrected chi connectivity index (χ3v) is 4.83. The molecule has 30 heavy (non-hydrogen) atoms. The molecule has 0 saturated heterocycles. The van der Waals surface area contributed by atoms with Gasteiger partial charge in [0.25, 0.3) is 0 Å². The average molecular weight is 402 g/mol. The number of allylic oxidation sites excluding steroid dienone is 5. The second kappa shape index (κ2) is 9.97. The molecule has 0 aliphatic heterocycles. The van der Waals surface area contributed by atoms with Crippen LogP contribution in [0.15, 0.2) is 103 Å². The fourth-order valence-corrected chi connectivity index (χ4v) is 3.38. The molecule has 0 atom stereocenters. The predicted molar refractivity (Wildman–Crippen MR) is 121 cm³/mol. The van der Waals surface area contributed by atoms with Gasteiger partial charge in [0.2, 0.25) is 6.71 Å². The highest BCUT2D eigenvalue weighted by atomic mass is 19.1. The molecule has 150 valence electrons. The Morgan fingerprint density at radius 3 is 1.57 bits per heavy atom. The Hall–Kier alpha value is -3.27. The molecule has 0 unspecified atom stereocenters. The molecular weight excluding hydrogens is 380 g/mol. The van der Waals surface area contributed by atoms with E-state index < -0.39 is 0 Å². The van der Waals surface area contributed by atoms with Crippen molar-refractivity contribution < 1.29 is 13.2 Å². The summed E-state index contributed by atoms with van der Waals surface area (Å²) in [5.41, 5.74) is 4.46. The fourth-order valence-electron chi connectivity index (χ4n) is 3.38. The van der Waals surface area contributed by atoms with Crippen LogP contribution in [0.3, 0.4) is 0 Å². The zero-order valence-electron chi connectivity index (χ0n) is 16.9. The number of rotatable bonds is 6. The quantitative estimate of drug-likeness (QED) is 0.358. The van der Waals surface area contributed by atoms with Crippen molar-refractivity contribution in [3.05, 3.63) is 126 Å². The molecule has 0 heterocycles. The third-order valence-electron chi connectivity index (χ3n) is 4.83. The summed E-state index contributed by atoms with van der Waals surface area (Å²) >= 11 is 0. The molecular formula is C26H22BF3. The second-order valence-electron chi connectivity index (χ2n) is 7.08. The summed E-state index contributed by atoms with van der Waals surface area (Å²) in [5, 5.41) is 0. The van der Waals surface area contributed by atoms with E-state index in [2.05, 4.69) is 0 Å². The van der Waals surface area contributed by atoms with E-state index >= 15 is 0 Å². The van der Waals surface area contributed by atoms with Crippen LogP contribution in [0.5, 0.6) is 0 Å². The maximum absolute atomic E-state index is 13.6. The second-order valence-corrected chi connectivity index (χ2v) is 7.08. The Bertz CT molecular complexity index is 1020. The summed E-state index contributed by atoms with van der Waals surface area (Å²) in [4.78, 5) is 0. The van der Waals surface area contributed by atoms with E-state index in [9.17, 15) is 13.2 Å². The first-order valence-electron chi connectivity index (χ1n) is 9.76. The monoisotopic (exact) mass is 402 g/mol. The zero-order valence-corrected chi connectivity index (χ0v) is 16.9. The summed E-state index contributed by atoms with van der Waals surface area (Å²) in [6.07, 6.45) is 7.89. The number of hydrogen-bond donors (Lipinski definition) is 0. The highest BCUT2D eigenvalue weighted by Gasteiger charge is 2.25. The summed E-state index contributed by atoms with van der Waals surface area (Å²) in [7, 11) is 0. The number of benzene rings is 3. The van der Waals surface area contributed by atoms with Gasteiger partial charge in [-0.05, 0) is 55.8 Å². The van der Waals surface area contributed by atoms with Crippen LogP contribution < -0.4 is 10.9 Å². The molecule has 0 spiro atoms. The minimum absolute atomic E-state index is 0.286. The average Bonchev–Trinajstić information content (AvgIpc) is 2.75.